The molecule has 1 aromatic carbocycles. The molecule has 2 aromatic rings. The molecule has 0 fully saturated rings. The van der Waals surface area contributed by atoms with Crippen LogP contribution in [0.25, 0.3) is 11.3 Å². The molecule has 0 bridgehead atoms. The minimum Gasteiger partial charge on any atom is -0.340 e. The van der Waals surface area contributed by atoms with Crippen molar-refractivity contribution in [2.24, 2.45) is 11.7 Å². The summed E-state index contributed by atoms with van der Waals surface area (Å²) in [5, 5.41) is 0. The molecule has 0 saturated carbocycles. The van der Waals surface area contributed by atoms with Gasteiger partial charge in [-0.05, 0) is 36.3 Å². The maximum absolute atomic E-state index is 6.39. The molecule has 0 aliphatic carbocycles. The van der Waals surface area contributed by atoms with Gasteiger partial charge in [-0.2, -0.15) is 0 Å². The predicted octanol–water partition coefficient (Wildman–Crippen LogP) is 4.25. The van der Waals surface area contributed by atoms with Gasteiger partial charge in [0.1, 0.15) is 5.82 Å². The van der Waals surface area contributed by atoms with Gasteiger partial charge in [0.25, 0.3) is 0 Å². The van der Waals surface area contributed by atoms with E-state index in [9.17, 15) is 0 Å². The van der Waals surface area contributed by atoms with Gasteiger partial charge < -0.3 is 10.7 Å². The van der Waals surface area contributed by atoms with Crippen LogP contribution in [0.2, 0.25) is 0 Å². The monoisotopic (exact) mass is 285 g/mol. The molecule has 0 unspecified atom stereocenters. The molecule has 1 heterocycles. The lowest BCUT2D eigenvalue weighted by atomic mass is 9.93. The van der Waals surface area contributed by atoms with Crippen molar-refractivity contribution in [3.05, 3.63) is 41.9 Å². The number of hydrogen-bond acceptors (Lipinski definition) is 2. The lowest BCUT2D eigenvalue weighted by Gasteiger charge is -2.23. The third-order valence-corrected chi connectivity index (χ3v) is 4.22. The molecular formula is C18H27N3. The first kappa shape index (κ1) is 15.8. The molecule has 3 N–H and O–H groups in total. The van der Waals surface area contributed by atoms with Crippen LogP contribution < -0.4 is 5.73 Å². The van der Waals surface area contributed by atoms with Crippen LogP contribution in [0.5, 0.6) is 0 Å². The Bertz CT molecular complexity index is 562. The molecule has 0 saturated heterocycles. The highest BCUT2D eigenvalue weighted by Crippen LogP contribution is 2.26. The highest BCUT2D eigenvalue weighted by Gasteiger charge is 2.26. The van der Waals surface area contributed by atoms with Crippen molar-refractivity contribution in [1.82, 2.24) is 9.97 Å². The minimum absolute atomic E-state index is 0.351. The van der Waals surface area contributed by atoms with E-state index in [0.717, 1.165) is 36.3 Å². The Kier molecular flexibility index (Phi) is 4.84. The van der Waals surface area contributed by atoms with E-state index in [1.54, 1.807) is 0 Å². The minimum atomic E-state index is -0.351. The quantitative estimate of drug-likeness (QED) is 0.833. The molecule has 0 spiro atoms. The number of rotatable bonds is 6. The number of nitrogens with two attached hydrogens (primary N) is 1. The van der Waals surface area contributed by atoms with Crippen LogP contribution in [0.1, 0.15) is 51.9 Å². The van der Waals surface area contributed by atoms with Gasteiger partial charge in [0.15, 0.2) is 0 Å². The molecule has 0 aliphatic rings. The number of hydrogen-bond donors (Lipinski definition) is 2. The summed E-state index contributed by atoms with van der Waals surface area (Å²) in [4.78, 5) is 7.89. The molecular weight excluding hydrogens is 258 g/mol. The predicted molar refractivity (Wildman–Crippen MR) is 89.0 cm³/mol. The summed E-state index contributed by atoms with van der Waals surface area (Å²) in [6, 6.07) is 8.71. The standard InChI is InChI=1S/C18H27N3/c1-5-18(19,6-2)17-20-12-16(21-17)15-9-7-14(8-10-15)11-13(3)4/h7-10,12-13H,5-6,11,19H2,1-4H3,(H,20,21). The number of H-pyrrole nitrogens is 1. The highest BCUT2D eigenvalue weighted by molar-refractivity contribution is 5.59. The largest absolute Gasteiger partial charge is 0.340 e. The number of aromatic nitrogens is 2. The van der Waals surface area contributed by atoms with Gasteiger partial charge >= 0.3 is 0 Å². The van der Waals surface area contributed by atoms with Crippen molar-refractivity contribution in [3.63, 3.8) is 0 Å². The van der Waals surface area contributed by atoms with Gasteiger partial charge in [0.2, 0.25) is 0 Å². The molecule has 114 valence electrons. The van der Waals surface area contributed by atoms with Crippen LogP contribution >= 0.6 is 0 Å². The Balaban J connectivity index is 2.21. The van der Waals surface area contributed by atoms with E-state index in [0.29, 0.717) is 5.92 Å². The normalized spacial score (nSPS) is 12.1. The molecule has 3 nitrogen and oxygen atoms in total. The van der Waals surface area contributed by atoms with E-state index < -0.39 is 0 Å². The topological polar surface area (TPSA) is 54.7 Å². The summed E-state index contributed by atoms with van der Waals surface area (Å²) in [6.07, 6.45) is 4.76. The number of aromatic amines is 1. The summed E-state index contributed by atoms with van der Waals surface area (Å²) >= 11 is 0. The molecule has 0 amide bonds. The summed E-state index contributed by atoms with van der Waals surface area (Å²) in [5.41, 5.74) is 9.62. The molecule has 2 rings (SSSR count). The molecule has 0 radical (unpaired) electrons. The second kappa shape index (κ2) is 6.44. The lowest BCUT2D eigenvalue weighted by molar-refractivity contribution is 0.391. The van der Waals surface area contributed by atoms with E-state index in [1.807, 2.05) is 6.20 Å². The zero-order valence-electron chi connectivity index (χ0n) is 13.6. The van der Waals surface area contributed by atoms with Crippen LogP contribution in [0.4, 0.5) is 0 Å². The Hall–Kier alpha value is -1.61. The van der Waals surface area contributed by atoms with Crippen molar-refractivity contribution in [2.45, 2.75) is 52.5 Å². The van der Waals surface area contributed by atoms with E-state index in [-0.39, 0.29) is 5.54 Å². The zero-order chi connectivity index (χ0) is 15.5. The molecule has 0 aliphatic heterocycles. The summed E-state index contributed by atoms with van der Waals surface area (Å²) in [5.74, 6) is 1.57. The SMILES string of the molecule is CCC(N)(CC)c1ncc(-c2ccc(CC(C)C)cc2)[nH]1. The average molecular weight is 285 g/mol. The number of nitrogens with one attached hydrogen (secondary N) is 1. The van der Waals surface area contributed by atoms with Crippen molar-refractivity contribution in [3.8, 4) is 11.3 Å². The van der Waals surface area contributed by atoms with Crippen LogP contribution in [0.3, 0.4) is 0 Å². The van der Waals surface area contributed by atoms with Crippen molar-refractivity contribution >= 4 is 0 Å². The molecule has 3 heteroatoms. The third-order valence-electron chi connectivity index (χ3n) is 4.22. The maximum Gasteiger partial charge on any atom is 0.126 e. The molecule has 1 aromatic heterocycles. The Morgan fingerprint density at radius 2 is 1.76 bits per heavy atom. The summed E-state index contributed by atoms with van der Waals surface area (Å²) < 4.78 is 0. The first-order valence-electron chi connectivity index (χ1n) is 7.92. The Morgan fingerprint density at radius 1 is 1.14 bits per heavy atom. The van der Waals surface area contributed by atoms with E-state index in [2.05, 4.69) is 61.9 Å². The number of benzene rings is 1. The van der Waals surface area contributed by atoms with Crippen LogP contribution in [0.15, 0.2) is 30.5 Å². The van der Waals surface area contributed by atoms with Gasteiger partial charge in [-0.15, -0.1) is 0 Å². The fourth-order valence-electron chi connectivity index (χ4n) is 2.60. The van der Waals surface area contributed by atoms with Gasteiger partial charge in [-0.25, -0.2) is 4.98 Å². The van der Waals surface area contributed by atoms with Crippen molar-refractivity contribution in [1.29, 1.82) is 0 Å². The second-order valence-corrected chi connectivity index (χ2v) is 6.30. The highest BCUT2D eigenvalue weighted by atomic mass is 15.0. The number of imidazole rings is 1. The van der Waals surface area contributed by atoms with E-state index >= 15 is 0 Å². The first-order chi connectivity index (χ1) is 9.98. The second-order valence-electron chi connectivity index (χ2n) is 6.30. The average Bonchev–Trinajstić information content (AvgIpc) is 2.97. The van der Waals surface area contributed by atoms with Gasteiger partial charge in [0.05, 0.1) is 17.4 Å². The van der Waals surface area contributed by atoms with Gasteiger partial charge in [0, 0.05) is 0 Å². The van der Waals surface area contributed by atoms with Crippen LogP contribution in [-0.2, 0) is 12.0 Å². The van der Waals surface area contributed by atoms with Gasteiger partial charge in [-0.3, -0.25) is 0 Å². The van der Waals surface area contributed by atoms with E-state index in [1.165, 1.54) is 5.56 Å². The Labute approximate surface area is 128 Å². The fourth-order valence-corrected chi connectivity index (χ4v) is 2.60. The number of nitrogens with zero attached hydrogens (tertiary/aromatic N) is 1. The van der Waals surface area contributed by atoms with Crippen LogP contribution in [0, 0.1) is 5.92 Å². The maximum atomic E-state index is 6.39. The fraction of sp³-hybridized carbons (Fsp3) is 0.500. The van der Waals surface area contributed by atoms with Crippen LogP contribution in [-0.4, -0.2) is 9.97 Å². The lowest BCUT2D eigenvalue weighted by Crippen LogP contribution is -2.36. The summed E-state index contributed by atoms with van der Waals surface area (Å²) in [7, 11) is 0. The van der Waals surface area contributed by atoms with Crippen molar-refractivity contribution < 1.29 is 0 Å². The van der Waals surface area contributed by atoms with Gasteiger partial charge in [-0.1, -0.05) is 52.0 Å². The zero-order valence-corrected chi connectivity index (χ0v) is 13.6. The first-order valence-corrected chi connectivity index (χ1v) is 7.92. The smallest absolute Gasteiger partial charge is 0.126 e. The Morgan fingerprint density at radius 3 is 2.29 bits per heavy atom. The molecule has 21 heavy (non-hydrogen) atoms. The molecule has 0 atom stereocenters. The summed E-state index contributed by atoms with van der Waals surface area (Å²) in [6.45, 7) is 8.69. The van der Waals surface area contributed by atoms with E-state index in [4.69, 9.17) is 5.73 Å². The third kappa shape index (κ3) is 3.53. The van der Waals surface area contributed by atoms with Crippen molar-refractivity contribution in [2.75, 3.05) is 0 Å².